The van der Waals surface area contributed by atoms with Gasteiger partial charge in [-0.2, -0.15) is 0 Å². The van der Waals surface area contributed by atoms with Crippen molar-refractivity contribution in [1.29, 1.82) is 0 Å². The summed E-state index contributed by atoms with van der Waals surface area (Å²) >= 11 is 0. The molecule has 2 N–H and O–H groups in total. The Morgan fingerprint density at radius 3 is 2.54 bits per heavy atom. The molecule has 5 heterocycles. The number of halogens is 1. The van der Waals surface area contributed by atoms with Gasteiger partial charge in [0, 0.05) is 37.8 Å². The summed E-state index contributed by atoms with van der Waals surface area (Å²) in [6.07, 6.45) is 3.08. The van der Waals surface area contributed by atoms with Crippen molar-refractivity contribution >= 4 is 28.5 Å². The second-order valence-electron chi connectivity index (χ2n) is 9.83. The van der Waals surface area contributed by atoms with Gasteiger partial charge in [-0.25, -0.2) is 24.3 Å². The van der Waals surface area contributed by atoms with Crippen molar-refractivity contribution in [2.45, 2.75) is 26.8 Å². The molecule has 6 rings (SSSR count). The first-order valence-corrected chi connectivity index (χ1v) is 12.2. The maximum atomic E-state index is 14.8. The van der Waals surface area contributed by atoms with Gasteiger partial charge in [0.25, 0.3) is 0 Å². The minimum absolute atomic E-state index is 0.243. The molecule has 2 aliphatic heterocycles. The zero-order chi connectivity index (χ0) is 24.1. The average Bonchev–Trinajstić information content (AvgIpc) is 3.53. The zero-order valence-electron chi connectivity index (χ0n) is 20.2. The van der Waals surface area contributed by atoms with Crippen molar-refractivity contribution in [2.75, 3.05) is 36.4 Å². The van der Waals surface area contributed by atoms with Gasteiger partial charge in [-0.3, -0.25) is 0 Å². The number of aryl methyl sites for hydroxylation is 1. The van der Waals surface area contributed by atoms with Crippen LogP contribution in [-0.4, -0.2) is 50.7 Å². The molecule has 0 bridgehead atoms. The summed E-state index contributed by atoms with van der Waals surface area (Å²) in [5.41, 5.74) is 3.89. The van der Waals surface area contributed by atoms with Gasteiger partial charge in [0.1, 0.15) is 17.3 Å². The fourth-order valence-electron chi connectivity index (χ4n) is 5.47. The van der Waals surface area contributed by atoms with E-state index in [1.54, 1.807) is 0 Å². The number of nitrogens with one attached hydrogen (secondary N) is 2. The van der Waals surface area contributed by atoms with E-state index in [1.807, 2.05) is 37.4 Å². The van der Waals surface area contributed by atoms with Crippen LogP contribution in [0.4, 0.5) is 21.8 Å². The normalized spacial score (nSPS) is 19.6. The number of pyridine rings is 1. The third-order valence-electron chi connectivity index (χ3n) is 7.14. The fraction of sp³-hybridized carbons (Fsp3) is 0.385. The Hall–Kier alpha value is -3.59. The lowest BCUT2D eigenvalue weighted by atomic mass is 10.0. The summed E-state index contributed by atoms with van der Waals surface area (Å²) in [6, 6.07) is 9.94. The van der Waals surface area contributed by atoms with Crippen LogP contribution in [-0.2, 0) is 0 Å². The maximum absolute atomic E-state index is 14.8. The van der Waals surface area contributed by atoms with E-state index >= 15 is 0 Å². The van der Waals surface area contributed by atoms with E-state index < -0.39 is 5.82 Å². The van der Waals surface area contributed by atoms with E-state index in [0.29, 0.717) is 17.3 Å². The minimum atomic E-state index is -0.473. The summed E-state index contributed by atoms with van der Waals surface area (Å²) in [6.45, 7) is 10.5. The van der Waals surface area contributed by atoms with Gasteiger partial charge in [0.15, 0.2) is 5.82 Å². The number of hydrogen-bond donors (Lipinski definition) is 2. The quantitative estimate of drug-likeness (QED) is 0.448. The van der Waals surface area contributed by atoms with Crippen molar-refractivity contribution in [3.63, 3.8) is 0 Å². The van der Waals surface area contributed by atoms with Crippen molar-refractivity contribution < 1.29 is 4.39 Å². The zero-order valence-corrected chi connectivity index (χ0v) is 20.2. The molecule has 2 unspecified atom stereocenters. The lowest BCUT2D eigenvalue weighted by molar-refractivity contribution is 0.533. The second-order valence-corrected chi connectivity index (χ2v) is 9.83. The number of imidazole rings is 1. The van der Waals surface area contributed by atoms with E-state index in [2.05, 4.69) is 60.0 Å². The molecule has 8 nitrogen and oxygen atoms in total. The summed E-state index contributed by atoms with van der Waals surface area (Å²) < 4.78 is 16.9. The molecular formula is C26H29FN8. The van der Waals surface area contributed by atoms with E-state index in [9.17, 15) is 4.39 Å². The first kappa shape index (κ1) is 21.9. The molecule has 180 valence electrons. The lowest BCUT2D eigenvalue weighted by Gasteiger charge is -2.19. The molecule has 4 aromatic rings. The molecule has 3 aromatic heterocycles. The first-order valence-electron chi connectivity index (χ1n) is 12.2. The first-order chi connectivity index (χ1) is 17.0. The predicted octanol–water partition coefficient (Wildman–Crippen LogP) is 4.32. The smallest absolute Gasteiger partial charge is 0.229 e. The second kappa shape index (κ2) is 8.57. The molecule has 2 aliphatic rings. The molecule has 35 heavy (non-hydrogen) atoms. The van der Waals surface area contributed by atoms with Crippen molar-refractivity contribution in [3.8, 4) is 11.3 Å². The molecule has 2 atom stereocenters. The number of nitrogens with zero attached hydrogens (tertiary/aromatic N) is 6. The summed E-state index contributed by atoms with van der Waals surface area (Å²) in [5.74, 6) is 2.83. The van der Waals surface area contributed by atoms with Crippen LogP contribution < -0.4 is 15.5 Å². The highest BCUT2D eigenvalue weighted by Gasteiger charge is 2.36. The van der Waals surface area contributed by atoms with E-state index in [1.165, 1.54) is 6.20 Å². The molecule has 0 aliphatic carbocycles. The Balaban J connectivity index is 1.24. The summed E-state index contributed by atoms with van der Waals surface area (Å²) in [5, 5.41) is 6.60. The highest BCUT2D eigenvalue weighted by molar-refractivity contribution is 5.82. The van der Waals surface area contributed by atoms with Crippen LogP contribution in [0.5, 0.6) is 0 Å². The number of anilines is 3. The third kappa shape index (κ3) is 3.99. The summed E-state index contributed by atoms with van der Waals surface area (Å²) in [7, 11) is 0. The topological polar surface area (TPSA) is 83.8 Å². The Morgan fingerprint density at radius 2 is 1.83 bits per heavy atom. The van der Waals surface area contributed by atoms with Crippen molar-refractivity contribution in [2.24, 2.45) is 11.8 Å². The highest BCUT2D eigenvalue weighted by atomic mass is 19.1. The van der Waals surface area contributed by atoms with E-state index in [-0.39, 0.29) is 11.7 Å². The van der Waals surface area contributed by atoms with Crippen molar-refractivity contribution in [1.82, 2.24) is 29.8 Å². The standard InChI is InChI=1S/C26H29FN8/c1-15(2)35-16(3)31-22-6-4-17(8-23(22)35)25-21(27)12-30-26(33-25)32-24-7-5-20(11-29-24)34-13-18-9-28-10-19(18)14-34/h4-8,11-12,15,18-19,28H,9-10,13-14H2,1-3H3,(H,29,30,32,33). The van der Waals surface area contributed by atoms with Crippen molar-refractivity contribution in [3.05, 3.63) is 54.4 Å². The molecule has 0 radical (unpaired) electrons. The van der Waals surface area contributed by atoms with Gasteiger partial charge >= 0.3 is 0 Å². The Kier molecular flexibility index (Phi) is 5.36. The van der Waals surface area contributed by atoms with Crippen LogP contribution in [0.3, 0.4) is 0 Å². The molecule has 0 amide bonds. The Morgan fingerprint density at radius 1 is 1.03 bits per heavy atom. The van der Waals surface area contributed by atoms with Crippen LogP contribution >= 0.6 is 0 Å². The monoisotopic (exact) mass is 472 g/mol. The molecule has 2 fully saturated rings. The van der Waals surface area contributed by atoms with Gasteiger partial charge < -0.3 is 20.1 Å². The van der Waals surface area contributed by atoms with Gasteiger partial charge in [-0.1, -0.05) is 6.07 Å². The third-order valence-corrected chi connectivity index (χ3v) is 7.14. The van der Waals surface area contributed by atoms with Crippen LogP contribution in [0.15, 0.2) is 42.7 Å². The van der Waals surface area contributed by atoms with E-state index in [4.69, 9.17) is 0 Å². The molecule has 0 saturated carbocycles. The van der Waals surface area contributed by atoms with Gasteiger partial charge in [-0.05, 0) is 56.9 Å². The van der Waals surface area contributed by atoms with Crippen LogP contribution in [0, 0.1) is 24.6 Å². The Labute approximate surface area is 203 Å². The largest absolute Gasteiger partial charge is 0.370 e. The average molecular weight is 473 g/mol. The molecule has 9 heteroatoms. The van der Waals surface area contributed by atoms with Crippen LogP contribution in [0.2, 0.25) is 0 Å². The molecule has 0 spiro atoms. The maximum Gasteiger partial charge on any atom is 0.229 e. The molecular weight excluding hydrogens is 443 g/mol. The molecule has 1 aromatic carbocycles. The number of aromatic nitrogens is 5. The minimum Gasteiger partial charge on any atom is -0.370 e. The number of hydrogen-bond acceptors (Lipinski definition) is 7. The fourth-order valence-corrected chi connectivity index (χ4v) is 5.47. The Bertz CT molecular complexity index is 1370. The highest BCUT2D eigenvalue weighted by Crippen LogP contribution is 2.31. The van der Waals surface area contributed by atoms with Crippen LogP contribution in [0.25, 0.3) is 22.3 Å². The summed E-state index contributed by atoms with van der Waals surface area (Å²) in [4.78, 5) is 20.2. The van der Waals surface area contributed by atoms with Crippen LogP contribution in [0.1, 0.15) is 25.7 Å². The van der Waals surface area contributed by atoms with Gasteiger partial charge in [0.2, 0.25) is 5.95 Å². The molecule has 2 saturated heterocycles. The lowest BCUT2D eigenvalue weighted by Crippen LogP contribution is -2.25. The SMILES string of the molecule is Cc1nc2ccc(-c3nc(Nc4ccc(N5CC6CNCC6C5)cn4)ncc3F)cc2n1C(C)C. The number of fused-ring (bicyclic) bond motifs is 2. The van der Waals surface area contributed by atoms with Gasteiger partial charge in [-0.15, -0.1) is 0 Å². The van der Waals surface area contributed by atoms with Gasteiger partial charge in [0.05, 0.1) is 29.1 Å². The predicted molar refractivity (Wildman–Crippen MR) is 135 cm³/mol. The van der Waals surface area contributed by atoms with E-state index in [0.717, 1.165) is 60.6 Å². The number of benzene rings is 1. The number of rotatable bonds is 5.